The van der Waals surface area contributed by atoms with E-state index in [1.54, 1.807) is 0 Å². The zero-order valence-electron chi connectivity index (χ0n) is 13.9. The summed E-state index contributed by atoms with van der Waals surface area (Å²) in [5, 5.41) is 0. The maximum absolute atomic E-state index is 11.9. The highest BCUT2D eigenvalue weighted by Crippen LogP contribution is 2.42. The number of rotatable bonds is 10. The summed E-state index contributed by atoms with van der Waals surface area (Å²) in [7, 11) is 0. The lowest BCUT2D eigenvalue weighted by molar-refractivity contribution is -0.125. The molecular weight excluding hydrogens is 276 g/mol. The first-order valence-corrected chi connectivity index (χ1v) is 8.31. The molecule has 0 saturated carbocycles. The number of carbonyl (C=O) groups excluding carboxylic acids is 2. The Bertz CT molecular complexity index is 442. The molecule has 0 spiro atoms. The fraction of sp³-hybridized carbons (Fsp3) is 0.667. The van der Waals surface area contributed by atoms with Gasteiger partial charge >= 0.3 is 0 Å². The van der Waals surface area contributed by atoms with Gasteiger partial charge in [0.05, 0.1) is 0 Å². The average Bonchev–Trinajstić information content (AvgIpc) is 2.44. The monoisotopic (exact) mass is 306 g/mol. The van der Waals surface area contributed by atoms with Crippen molar-refractivity contribution in [2.24, 2.45) is 28.7 Å². The second-order valence-corrected chi connectivity index (χ2v) is 6.63. The zero-order chi connectivity index (χ0) is 16.6. The summed E-state index contributed by atoms with van der Waals surface area (Å²) >= 11 is 0. The molecule has 1 aliphatic carbocycles. The van der Waals surface area contributed by atoms with Crippen molar-refractivity contribution < 1.29 is 9.59 Å². The van der Waals surface area contributed by atoms with E-state index in [9.17, 15) is 9.59 Å². The fourth-order valence-corrected chi connectivity index (χ4v) is 3.22. The Morgan fingerprint density at radius 1 is 1.09 bits per heavy atom. The predicted molar refractivity (Wildman–Crippen MR) is 89.7 cm³/mol. The fourth-order valence-electron chi connectivity index (χ4n) is 3.22. The first-order valence-electron chi connectivity index (χ1n) is 8.31. The second-order valence-electron chi connectivity index (χ2n) is 6.63. The summed E-state index contributed by atoms with van der Waals surface area (Å²) in [5.74, 6) is -0.254. The van der Waals surface area contributed by atoms with Crippen LogP contribution < -0.4 is 11.5 Å². The van der Waals surface area contributed by atoms with E-state index in [0.29, 0.717) is 12.3 Å². The number of nitrogens with two attached hydrogens (primary N) is 2. The molecule has 4 nitrogen and oxygen atoms in total. The quantitative estimate of drug-likeness (QED) is 0.608. The van der Waals surface area contributed by atoms with Gasteiger partial charge in [0, 0.05) is 17.8 Å². The molecule has 3 atom stereocenters. The Hall–Kier alpha value is -1.58. The molecular formula is C18H30N2O2. The van der Waals surface area contributed by atoms with Gasteiger partial charge in [0.1, 0.15) is 0 Å². The molecule has 0 aliphatic heterocycles. The molecule has 0 fully saturated rings. The largest absolute Gasteiger partial charge is 0.370 e. The number of allylic oxidation sites excluding steroid dienone is 4. The highest BCUT2D eigenvalue weighted by Gasteiger charge is 2.39. The smallest absolute Gasteiger partial charge is 0.221 e. The molecule has 22 heavy (non-hydrogen) atoms. The normalized spacial score (nSPS) is 25.1. The molecule has 0 aromatic rings. The zero-order valence-corrected chi connectivity index (χ0v) is 13.9. The minimum absolute atomic E-state index is 0.130. The van der Waals surface area contributed by atoms with Crippen LogP contribution in [0.2, 0.25) is 0 Å². The van der Waals surface area contributed by atoms with Crippen LogP contribution >= 0.6 is 0 Å². The average molecular weight is 306 g/mol. The number of carbonyl (C=O) groups is 2. The molecule has 0 saturated heterocycles. The first-order chi connectivity index (χ1) is 10.4. The topological polar surface area (TPSA) is 86.2 Å². The molecule has 124 valence electrons. The van der Waals surface area contributed by atoms with Crippen LogP contribution in [-0.2, 0) is 9.59 Å². The van der Waals surface area contributed by atoms with Gasteiger partial charge in [-0.1, -0.05) is 63.8 Å². The Morgan fingerprint density at radius 2 is 1.73 bits per heavy atom. The highest BCUT2D eigenvalue weighted by molar-refractivity contribution is 5.78. The third-order valence-corrected chi connectivity index (χ3v) is 4.96. The minimum Gasteiger partial charge on any atom is -0.370 e. The van der Waals surface area contributed by atoms with Crippen molar-refractivity contribution in [3.8, 4) is 0 Å². The van der Waals surface area contributed by atoms with Crippen molar-refractivity contribution in [1.29, 1.82) is 0 Å². The van der Waals surface area contributed by atoms with Gasteiger partial charge in [-0.2, -0.15) is 0 Å². The van der Waals surface area contributed by atoms with Gasteiger partial charge in [0.25, 0.3) is 0 Å². The Balaban J connectivity index is 2.40. The number of unbranched alkanes of at least 4 members (excludes halogenated alkanes) is 4. The molecule has 1 aliphatic rings. The van der Waals surface area contributed by atoms with Crippen LogP contribution in [0.15, 0.2) is 24.3 Å². The van der Waals surface area contributed by atoms with E-state index in [2.05, 4.69) is 26.0 Å². The van der Waals surface area contributed by atoms with E-state index in [-0.39, 0.29) is 23.1 Å². The Morgan fingerprint density at radius 3 is 2.32 bits per heavy atom. The second kappa shape index (κ2) is 8.76. The van der Waals surface area contributed by atoms with Crippen LogP contribution in [0.4, 0.5) is 0 Å². The van der Waals surface area contributed by atoms with Crippen molar-refractivity contribution in [3.05, 3.63) is 24.3 Å². The predicted octanol–water partition coefficient (Wildman–Crippen LogP) is 3.07. The standard InChI is InChI=1S/C18H30N2O2/c1-14-10-8-9-13-18(14,2)15(17(20)22)11-6-4-3-5-7-12-16(19)21/h8-10,13-15H,3-7,11-12H2,1-2H3,(H2,19,21)(H2,20,22). The summed E-state index contributed by atoms with van der Waals surface area (Å²) in [4.78, 5) is 22.6. The third-order valence-electron chi connectivity index (χ3n) is 4.96. The summed E-state index contributed by atoms with van der Waals surface area (Å²) in [6.45, 7) is 4.26. The van der Waals surface area contributed by atoms with Crippen molar-refractivity contribution in [1.82, 2.24) is 0 Å². The van der Waals surface area contributed by atoms with Crippen molar-refractivity contribution in [3.63, 3.8) is 0 Å². The van der Waals surface area contributed by atoms with Crippen LogP contribution in [0.1, 0.15) is 58.8 Å². The summed E-state index contributed by atoms with van der Waals surface area (Å²) in [6.07, 6.45) is 14.6. The van der Waals surface area contributed by atoms with Crippen molar-refractivity contribution >= 4 is 11.8 Å². The molecule has 1 rings (SSSR count). The van der Waals surface area contributed by atoms with Gasteiger partial charge in [-0.25, -0.2) is 0 Å². The SMILES string of the molecule is CC1C=CC=CC1(C)C(CCCCCCCC(N)=O)C(N)=O. The van der Waals surface area contributed by atoms with E-state index in [1.807, 2.05) is 12.2 Å². The van der Waals surface area contributed by atoms with Crippen LogP contribution in [0.5, 0.6) is 0 Å². The molecule has 0 aromatic carbocycles. The Kier molecular flexibility index (Phi) is 7.36. The lowest BCUT2D eigenvalue weighted by Crippen LogP contribution is -2.40. The van der Waals surface area contributed by atoms with Crippen LogP contribution in [0.25, 0.3) is 0 Å². The summed E-state index contributed by atoms with van der Waals surface area (Å²) in [5.41, 5.74) is 10.6. The van der Waals surface area contributed by atoms with Gasteiger partial charge in [0.2, 0.25) is 11.8 Å². The van der Waals surface area contributed by atoms with Crippen LogP contribution in [0, 0.1) is 17.3 Å². The van der Waals surface area contributed by atoms with Crippen molar-refractivity contribution in [2.45, 2.75) is 58.8 Å². The van der Waals surface area contributed by atoms with Crippen molar-refractivity contribution in [2.75, 3.05) is 0 Å². The number of primary amides is 2. The maximum atomic E-state index is 11.9. The maximum Gasteiger partial charge on any atom is 0.221 e. The molecule has 0 aromatic heterocycles. The number of amides is 2. The van der Waals surface area contributed by atoms with Gasteiger partial charge in [-0.3, -0.25) is 9.59 Å². The molecule has 0 heterocycles. The molecule has 0 radical (unpaired) electrons. The summed E-state index contributed by atoms with van der Waals surface area (Å²) in [6, 6.07) is 0. The Labute approximate surface area is 134 Å². The lowest BCUT2D eigenvalue weighted by Gasteiger charge is -2.39. The van der Waals surface area contributed by atoms with E-state index in [0.717, 1.165) is 38.5 Å². The van der Waals surface area contributed by atoms with Crippen LogP contribution in [0.3, 0.4) is 0 Å². The third kappa shape index (κ3) is 5.32. The number of hydrogen-bond acceptors (Lipinski definition) is 2. The molecule has 3 unspecified atom stereocenters. The minimum atomic E-state index is -0.229. The van der Waals surface area contributed by atoms with Gasteiger partial charge < -0.3 is 11.5 Å². The molecule has 0 bridgehead atoms. The van der Waals surface area contributed by atoms with Gasteiger partial charge in [-0.05, 0) is 18.8 Å². The first kappa shape index (κ1) is 18.5. The van der Waals surface area contributed by atoms with E-state index in [4.69, 9.17) is 11.5 Å². The lowest BCUT2D eigenvalue weighted by atomic mass is 9.65. The van der Waals surface area contributed by atoms with Gasteiger partial charge in [-0.15, -0.1) is 0 Å². The van der Waals surface area contributed by atoms with Gasteiger partial charge in [0.15, 0.2) is 0 Å². The number of hydrogen-bond donors (Lipinski definition) is 2. The van der Waals surface area contributed by atoms with E-state index >= 15 is 0 Å². The summed E-state index contributed by atoms with van der Waals surface area (Å²) < 4.78 is 0. The van der Waals surface area contributed by atoms with Crippen LogP contribution in [-0.4, -0.2) is 11.8 Å². The molecule has 4 N–H and O–H groups in total. The highest BCUT2D eigenvalue weighted by atomic mass is 16.1. The van der Waals surface area contributed by atoms with E-state index < -0.39 is 0 Å². The molecule has 2 amide bonds. The van der Waals surface area contributed by atoms with E-state index in [1.165, 1.54) is 0 Å². The molecule has 4 heteroatoms.